The van der Waals surface area contributed by atoms with Gasteiger partial charge in [-0.25, -0.2) is 0 Å². The third kappa shape index (κ3) is 1.97. The molecular formula is C13H12ClNO. The molecule has 0 amide bonds. The van der Waals surface area contributed by atoms with Crippen molar-refractivity contribution in [3.05, 3.63) is 47.5 Å². The molecule has 0 heterocycles. The first-order valence-corrected chi connectivity index (χ1v) is 5.28. The predicted molar refractivity (Wildman–Crippen MR) is 67.9 cm³/mol. The number of methoxy groups -OCH3 is 1. The van der Waals surface area contributed by atoms with Crippen molar-refractivity contribution in [2.75, 3.05) is 12.8 Å². The van der Waals surface area contributed by atoms with Gasteiger partial charge in [-0.05, 0) is 17.7 Å². The summed E-state index contributed by atoms with van der Waals surface area (Å²) in [5, 5.41) is 0.527. The molecule has 2 aromatic rings. The van der Waals surface area contributed by atoms with Gasteiger partial charge < -0.3 is 10.5 Å². The van der Waals surface area contributed by atoms with Crippen LogP contribution in [0.3, 0.4) is 0 Å². The molecular weight excluding hydrogens is 222 g/mol. The van der Waals surface area contributed by atoms with Gasteiger partial charge in [0.15, 0.2) is 0 Å². The Morgan fingerprint density at radius 3 is 2.44 bits per heavy atom. The number of rotatable bonds is 2. The molecule has 2 aromatic carbocycles. The molecule has 0 aliphatic carbocycles. The number of nitrogens with two attached hydrogens (primary N) is 1. The lowest BCUT2D eigenvalue weighted by Crippen LogP contribution is -1.93. The summed E-state index contributed by atoms with van der Waals surface area (Å²) in [6.07, 6.45) is 0. The second kappa shape index (κ2) is 4.45. The Morgan fingerprint density at radius 2 is 1.81 bits per heavy atom. The fourth-order valence-electron chi connectivity index (χ4n) is 1.59. The molecule has 0 spiro atoms. The van der Waals surface area contributed by atoms with E-state index in [2.05, 4.69) is 0 Å². The third-order valence-electron chi connectivity index (χ3n) is 2.41. The molecule has 2 rings (SSSR count). The van der Waals surface area contributed by atoms with E-state index in [0.717, 1.165) is 11.1 Å². The van der Waals surface area contributed by atoms with E-state index in [1.165, 1.54) is 0 Å². The largest absolute Gasteiger partial charge is 0.495 e. The predicted octanol–water partition coefficient (Wildman–Crippen LogP) is 3.60. The van der Waals surface area contributed by atoms with Crippen LogP contribution in [0.5, 0.6) is 5.75 Å². The second-order valence-electron chi connectivity index (χ2n) is 3.44. The van der Waals surface area contributed by atoms with Gasteiger partial charge in [-0.3, -0.25) is 0 Å². The van der Waals surface area contributed by atoms with Crippen molar-refractivity contribution in [3.8, 4) is 16.9 Å². The average Bonchev–Trinajstić information content (AvgIpc) is 2.30. The molecule has 2 nitrogen and oxygen atoms in total. The highest BCUT2D eigenvalue weighted by atomic mass is 35.5. The Bertz CT molecular complexity index is 497. The summed E-state index contributed by atoms with van der Waals surface area (Å²) >= 11 is 5.98. The summed E-state index contributed by atoms with van der Waals surface area (Å²) in [6.45, 7) is 0. The van der Waals surface area contributed by atoms with Gasteiger partial charge in [0.1, 0.15) is 5.75 Å². The van der Waals surface area contributed by atoms with E-state index >= 15 is 0 Å². The minimum absolute atomic E-state index is 0.527. The van der Waals surface area contributed by atoms with Gasteiger partial charge in [0.25, 0.3) is 0 Å². The zero-order valence-corrected chi connectivity index (χ0v) is 9.66. The van der Waals surface area contributed by atoms with Crippen molar-refractivity contribution in [2.45, 2.75) is 0 Å². The Balaban J connectivity index is 2.57. The number of hydrogen-bond acceptors (Lipinski definition) is 2. The number of nitrogen functional groups attached to an aromatic ring is 1. The van der Waals surface area contributed by atoms with Gasteiger partial charge in [0.2, 0.25) is 0 Å². The zero-order valence-electron chi connectivity index (χ0n) is 8.91. The average molecular weight is 234 g/mol. The van der Waals surface area contributed by atoms with Crippen LogP contribution in [0.2, 0.25) is 5.02 Å². The standard InChI is InChI=1S/C13H12ClNO/c1-16-13-7-10(12(15)8-11(13)14)9-5-3-2-4-6-9/h2-8H,15H2,1H3. The van der Waals surface area contributed by atoms with E-state index in [0.29, 0.717) is 16.5 Å². The molecule has 0 aromatic heterocycles. The van der Waals surface area contributed by atoms with Crippen LogP contribution in [0.1, 0.15) is 0 Å². The second-order valence-corrected chi connectivity index (χ2v) is 3.85. The number of ether oxygens (including phenoxy) is 1. The highest BCUT2D eigenvalue weighted by molar-refractivity contribution is 6.32. The van der Waals surface area contributed by atoms with Crippen molar-refractivity contribution in [1.29, 1.82) is 0 Å². The molecule has 0 saturated carbocycles. The minimum Gasteiger partial charge on any atom is -0.495 e. The smallest absolute Gasteiger partial charge is 0.138 e. The van der Waals surface area contributed by atoms with Crippen LogP contribution in [-0.2, 0) is 0 Å². The Morgan fingerprint density at radius 1 is 1.12 bits per heavy atom. The van der Waals surface area contributed by atoms with Crippen LogP contribution in [-0.4, -0.2) is 7.11 Å². The lowest BCUT2D eigenvalue weighted by molar-refractivity contribution is 0.415. The molecule has 3 heteroatoms. The molecule has 0 radical (unpaired) electrons. The van der Waals surface area contributed by atoms with Gasteiger partial charge in [-0.1, -0.05) is 41.9 Å². The molecule has 0 aliphatic heterocycles. The summed E-state index contributed by atoms with van der Waals surface area (Å²) < 4.78 is 5.17. The van der Waals surface area contributed by atoms with E-state index in [9.17, 15) is 0 Å². The number of halogens is 1. The van der Waals surface area contributed by atoms with Crippen molar-refractivity contribution >= 4 is 17.3 Å². The van der Waals surface area contributed by atoms with E-state index in [-0.39, 0.29) is 0 Å². The Labute approximate surface area is 99.6 Å². The minimum atomic E-state index is 0.527. The van der Waals surface area contributed by atoms with Gasteiger partial charge >= 0.3 is 0 Å². The normalized spacial score (nSPS) is 10.1. The lowest BCUT2D eigenvalue weighted by Gasteiger charge is -2.10. The highest BCUT2D eigenvalue weighted by Gasteiger charge is 2.08. The first-order valence-electron chi connectivity index (χ1n) is 4.91. The quantitative estimate of drug-likeness (QED) is 0.805. The molecule has 0 atom stereocenters. The number of anilines is 1. The van der Waals surface area contributed by atoms with Crippen LogP contribution in [0.15, 0.2) is 42.5 Å². The first kappa shape index (κ1) is 10.8. The SMILES string of the molecule is COc1cc(-c2ccccc2)c(N)cc1Cl. The van der Waals surface area contributed by atoms with Crippen LogP contribution in [0.25, 0.3) is 11.1 Å². The molecule has 2 N–H and O–H groups in total. The van der Waals surface area contributed by atoms with E-state index in [4.69, 9.17) is 22.1 Å². The van der Waals surface area contributed by atoms with Gasteiger partial charge in [-0.2, -0.15) is 0 Å². The van der Waals surface area contributed by atoms with Crippen LogP contribution >= 0.6 is 11.6 Å². The zero-order chi connectivity index (χ0) is 11.5. The molecule has 0 bridgehead atoms. The molecule has 0 saturated heterocycles. The maximum Gasteiger partial charge on any atom is 0.138 e. The highest BCUT2D eigenvalue weighted by Crippen LogP contribution is 2.35. The first-order chi connectivity index (χ1) is 7.72. The van der Waals surface area contributed by atoms with Gasteiger partial charge in [0.05, 0.1) is 12.1 Å². The maximum absolute atomic E-state index is 5.98. The molecule has 16 heavy (non-hydrogen) atoms. The van der Waals surface area contributed by atoms with E-state index in [1.54, 1.807) is 13.2 Å². The molecule has 0 fully saturated rings. The maximum atomic E-state index is 5.98. The van der Waals surface area contributed by atoms with Crippen LogP contribution < -0.4 is 10.5 Å². The third-order valence-corrected chi connectivity index (χ3v) is 2.70. The molecule has 0 aliphatic rings. The van der Waals surface area contributed by atoms with Gasteiger partial charge in [0, 0.05) is 11.3 Å². The lowest BCUT2D eigenvalue weighted by atomic mass is 10.0. The van der Waals surface area contributed by atoms with Crippen molar-refractivity contribution in [2.24, 2.45) is 0 Å². The van der Waals surface area contributed by atoms with E-state index in [1.807, 2.05) is 36.4 Å². The molecule has 0 unspecified atom stereocenters. The van der Waals surface area contributed by atoms with Crippen molar-refractivity contribution < 1.29 is 4.74 Å². The topological polar surface area (TPSA) is 35.2 Å². The fourth-order valence-corrected chi connectivity index (χ4v) is 1.84. The summed E-state index contributed by atoms with van der Waals surface area (Å²) in [5.41, 5.74) is 8.57. The number of hydrogen-bond donors (Lipinski definition) is 1. The molecule has 82 valence electrons. The summed E-state index contributed by atoms with van der Waals surface area (Å²) in [6, 6.07) is 13.5. The summed E-state index contributed by atoms with van der Waals surface area (Å²) in [5.74, 6) is 0.634. The van der Waals surface area contributed by atoms with Crippen molar-refractivity contribution in [3.63, 3.8) is 0 Å². The summed E-state index contributed by atoms with van der Waals surface area (Å²) in [7, 11) is 1.59. The van der Waals surface area contributed by atoms with E-state index < -0.39 is 0 Å². The Hall–Kier alpha value is -1.67. The van der Waals surface area contributed by atoms with Crippen LogP contribution in [0.4, 0.5) is 5.69 Å². The van der Waals surface area contributed by atoms with Gasteiger partial charge in [-0.15, -0.1) is 0 Å². The van der Waals surface area contributed by atoms with Crippen molar-refractivity contribution in [1.82, 2.24) is 0 Å². The number of benzene rings is 2. The monoisotopic (exact) mass is 233 g/mol. The Kier molecular flexibility index (Phi) is 3.02. The fraction of sp³-hybridized carbons (Fsp3) is 0.0769. The van der Waals surface area contributed by atoms with Crippen LogP contribution in [0, 0.1) is 0 Å². The summed E-state index contributed by atoms with van der Waals surface area (Å²) in [4.78, 5) is 0.